The highest BCUT2D eigenvalue weighted by atomic mass is 14.9. The SMILES string of the molecule is C=Cc1ccccc1CCNC(C)CC. The zero-order chi connectivity index (χ0) is 11.1. The van der Waals surface area contributed by atoms with Crippen molar-refractivity contribution in [3.8, 4) is 0 Å². The molecule has 0 saturated carbocycles. The third kappa shape index (κ3) is 3.88. The van der Waals surface area contributed by atoms with Gasteiger partial charge in [-0.25, -0.2) is 0 Å². The summed E-state index contributed by atoms with van der Waals surface area (Å²) in [6.07, 6.45) is 4.19. The van der Waals surface area contributed by atoms with Crippen molar-refractivity contribution in [3.63, 3.8) is 0 Å². The summed E-state index contributed by atoms with van der Waals surface area (Å²) in [7, 11) is 0. The van der Waals surface area contributed by atoms with Gasteiger partial charge in [-0.05, 0) is 37.4 Å². The summed E-state index contributed by atoms with van der Waals surface area (Å²) in [6, 6.07) is 9.05. The van der Waals surface area contributed by atoms with Gasteiger partial charge in [-0.2, -0.15) is 0 Å². The standard InChI is InChI=1S/C14H21N/c1-4-12(3)15-11-10-14-9-7-6-8-13(14)5-2/h5-9,12,15H,2,4,10-11H2,1,3H3. The fourth-order valence-electron chi connectivity index (χ4n) is 1.56. The van der Waals surface area contributed by atoms with E-state index in [-0.39, 0.29) is 0 Å². The Hall–Kier alpha value is -1.08. The first kappa shape index (κ1) is 12.0. The van der Waals surface area contributed by atoms with Crippen LogP contribution in [0.15, 0.2) is 30.8 Å². The summed E-state index contributed by atoms with van der Waals surface area (Å²) in [5.41, 5.74) is 2.63. The van der Waals surface area contributed by atoms with Crippen LogP contribution in [0.5, 0.6) is 0 Å². The first-order valence-electron chi connectivity index (χ1n) is 5.71. The monoisotopic (exact) mass is 203 g/mol. The zero-order valence-corrected chi connectivity index (χ0v) is 9.79. The lowest BCUT2D eigenvalue weighted by Crippen LogP contribution is -2.27. The molecule has 1 atom stereocenters. The van der Waals surface area contributed by atoms with Crippen molar-refractivity contribution in [2.75, 3.05) is 6.54 Å². The van der Waals surface area contributed by atoms with Crippen molar-refractivity contribution in [3.05, 3.63) is 42.0 Å². The van der Waals surface area contributed by atoms with Crippen LogP contribution < -0.4 is 5.32 Å². The molecule has 82 valence electrons. The lowest BCUT2D eigenvalue weighted by molar-refractivity contribution is 0.537. The molecule has 1 aromatic carbocycles. The Labute approximate surface area is 93.2 Å². The molecule has 15 heavy (non-hydrogen) atoms. The molecule has 0 heterocycles. The van der Waals surface area contributed by atoms with Crippen molar-refractivity contribution in [2.24, 2.45) is 0 Å². The second-order valence-corrected chi connectivity index (χ2v) is 3.92. The Balaban J connectivity index is 2.46. The average Bonchev–Trinajstić information content (AvgIpc) is 2.29. The average molecular weight is 203 g/mol. The molecular formula is C14H21N. The Morgan fingerprint density at radius 1 is 1.40 bits per heavy atom. The Morgan fingerprint density at radius 3 is 2.80 bits per heavy atom. The summed E-state index contributed by atoms with van der Waals surface area (Å²) in [5, 5.41) is 3.50. The molecule has 0 fully saturated rings. The van der Waals surface area contributed by atoms with Gasteiger partial charge in [0.2, 0.25) is 0 Å². The van der Waals surface area contributed by atoms with Gasteiger partial charge in [-0.15, -0.1) is 0 Å². The second-order valence-electron chi connectivity index (χ2n) is 3.92. The summed E-state index contributed by atoms with van der Waals surface area (Å²) in [4.78, 5) is 0. The Kier molecular flexibility index (Phi) is 5.13. The van der Waals surface area contributed by atoms with Crippen molar-refractivity contribution in [1.82, 2.24) is 5.32 Å². The predicted octanol–water partition coefficient (Wildman–Crippen LogP) is 3.26. The van der Waals surface area contributed by atoms with E-state index < -0.39 is 0 Å². The smallest absolute Gasteiger partial charge is 0.00362 e. The quantitative estimate of drug-likeness (QED) is 0.748. The van der Waals surface area contributed by atoms with E-state index in [2.05, 4.69) is 50.0 Å². The molecule has 0 aromatic heterocycles. The fraction of sp³-hybridized carbons (Fsp3) is 0.429. The van der Waals surface area contributed by atoms with Gasteiger partial charge in [0.15, 0.2) is 0 Å². The highest BCUT2D eigenvalue weighted by Crippen LogP contribution is 2.10. The number of benzene rings is 1. The molecule has 1 aromatic rings. The topological polar surface area (TPSA) is 12.0 Å². The largest absolute Gasteiger partial charge is 0.314 e. The maximum Gasteiger partial charge on any atom is 0.00362 e. The first-order valence-corrected chi connectivity index (χ1v) is 5.71. The minimum Gasteiger partial charge on any atom is -0.314 e. The first-order chi connectivity index (χ1) is 7.27. The van der Waals surface area contributed by atoms with Crippen molar-refractivity contribution in [2.45, 2.75) is 32.7 Å². The van der Waals surface area contributed by atoms with E-state index in [1.165, 1.54) is 17.5 Å². The molecule has 0 bridgehead atoms. The van der Waals surface area contributed by atoms with Gasteiger partial charge in [0.1, 0.15) is 0 Å². The maximum atomic E-state index is 3.83. The van der Waals surface area contributed by atoms with E-state index >= 15 is 0 Å². The molecule has 0 aliphatic carbocycles. The van der Waals surface area contributed by atoms with Crippen LogP contribution >= 0.6 is 0 Å². The Morgan fingerprint density at radius 2 is 2.13 bits per heavy atom. The van der Waals surface area contributed by atoms with Crippen LogP contribution in [0.4, 0.5) is 0 Å². The number of nitrogens with one attached hydrogen (secondary N) is 1. The highest BCUT2D eigenvalue weighted by molar-refractivity contribution is 5.51. The minimum atomic E-state index is 0.612. The normalized spacial score (nSPS) is 12.4. The second kappa shape index (κ2) is 6.41. The van der Waals surface area contributed by atoms with Gasteiger partial charge in [-0.3, -0.25) is 0 Å². The van der Waals surface area contributed by atoms with Gasteiger partial charge in [0, 0.05) is 6.04 Å². The van der Waals surface area contributed by atoms with Crippen LogP contribution in [0.25, 0.3) is 6.08 Å². The van der Waals surface area contributed by atoms with Crippen molar-refractivity contribution >= 4 is 6.08 Å². The lowest BCUT2D eigenvalue weighted by Gasteiger charge is -2.12. The molecule has 1 N–H and O–H groups in total. The third-order valence-electron chi connectivity index (χ3n) is 2.77. The van der Waals surface area contributed by atoms with Crippen LogP contribution in [0.2, 0.25) is 0 Å². The summed E-state index contributed by atoms with van der Waals surface area (Å²) in [5.74, 6) is 0. The van der Waals surface area contributed by atoms with Crippen LogP contribution in [0.3, 0.4) is 0 Å². The fourth-order valence-corrected chi connectivity index (χ4v) is 1.56. The maximum absolute atomic E-state index is 3.83. The van der Waals surface area contributed by atoms with E-state index in [4.69, 9.17) is 0 Å². The highest BCUT2D eigenvalue weighted by Gasteiger charge is 2.00. The minimum absolute atomic E-state index is 0.612. The van der Waals surface area contributed by atoms with Crippen LogP contribution in [-0.4, -0.2) is 12.6 Å². The number of hydrogen-bond donors (Lipinski definition) is 1. The van der Waals surface area contributed by atoms with E-state index in [0.717, 1.165) is 13.0 Å². The van der Waals surface area contributed by atoms with Gasteiger partial charge in [0.25, 0.3) is 0 Å². The van der Waals surface area contributed by atoms with Gasteiger partial charge in [-0.1, -0.05) is 43.8 Å². The summed E-state index contributed by atoms with van der Waals surface area (Å²) in [6.45, 7) is 9.30. The molecule has 0 amide bonds. The molecular weight excluding hydrogens is 182 g/mol. The van der Waals surface area contributed by atoms with E-state index in [1.54, 1.807) is 0 Å². The molecule has 0 saturated heterocycles. The van der Waals surface area contributed by atoms with E-state index in [0.29, 0.717) is 6.04 Å². The molecule has 1 unspecified atom stereocenters. The molecule has 0 spiro atoms. The van der Waals surface area contributed by atoms with Gasteiger partial charge < -0.3 is 5.32 Å². The molecule has 0 aliphatic rings. The predicted molar refractivity (Wildman–Crippen MR) is 68.0 cm³/mol. The van der Waals surface area contributed by atoms with E-state index in [9.17, 15) is 0 Å². The number of hydrogen-bond acceptors (Lipinski definition) is 1. The molecule has 1 nitrogen and oxygen atoms in total. The molecule has 0 radical (unpaired) electrons. The van der Waals surface area contributed by atoms with E-state index in [1.807, 2.05) is 6.08 Å². The van der Waals surface area contributed by atoms with Gasteiger partial charge >= 0.3 is 0 Å². The third-order valence-corrected chi connectivity index (χ3v) is 2.77. The molecule has 0 aliphatic heterocycles. The van der Waals surface area contributed by atoms with Crippen LogP contribution in [-0.2, 0) is 6.42 Å². The van der Waals surface area contributed by atoms with Gasteiger partial charge in [0.05, 0.1) is 0 Å². The van der Waals surface area contributed by atoms with Crippen molar-refractivity contribution in [1.29, 1.82) is 0 Å². The number of rotatable bonds is 6. The van der Waals surface area contributed by atoms with Crippen LogP contribution in [0.1, 0.15) is 31.4 Å². The summed E-state index contributed by atoms with van der Waals surface area (Å²) < 4.78 is 0. The van der Waals surface area contributed by atoms with Crippen molar-refractivity contribution < 1.29 is 0 Å². The summed E-state index contributed by atoms with van der Waals surface area (Å²) >= 11 is 0. The molecule has 1 rings (SSSR count). The zero-order valence-electron chi connectivity index (χ0n) is 9.79. The lowest BCUT2D eigenvalue weighted by atomic mass is 10.0. The van der Waals surface area contributed by atoms with Crippen LogP contribution in [0, 0.1) is 0 Å². The Bertz CT molecular complexity index is 304. The molecule has 1 heteroatoms.